The van der Waals surface area contributed by atoms with Gasteiger partial charge in [0.25, 0.3) is 0 Å². The molecule has 16 heteroatoms. The maximum absolute atomic E-state index is 13.0. The van der Waals surface area contributed by atoms with Gasteiger partial charge in [0.2, 0.25) is 6.79 Å². The summed E-state index contributed by atoms with van der Waals surface area (Å²) >= 11 is 0. The number of hydrogen-bond acceptors (Lipinski definition) is 11. The van der Waals surface area contributed by atoms with E-state index in [1.807, 2.05) is 0 Å². The summed E-state index contributed by atoms with van der Waals surface area (Å²) in [7, 11) is -2.50. The topological polar surface area (TPSA) is 165 Å². The quantitative estimate of drug-likeness (QED) is 0.282. The number of alkyl halides is 3. The number of halogens is 3. The summed E-state index contributed by atoms with van der Waals surface area (Å²) in [5, 5.41) is 10.1. The monoisotopic (exact) mass is 475 g/mol. The molecule has 0 amide bonds. The van der Waals surface area contributed by atoms with E-state index >= 15 is 0 Å². The fourth-order valence-corrected chi connectivity index (χ4v) is 3.01. The molecule has 0 aliphatic carbocycles. The summed E-state index contributed by atoms with van der Waals surface area (Å²) in [6.45, 7) is 2.21. The minimum absolute atomic E-state index is 0.122. The highest BCUT2D eigenvalue weighted by Crippen LogP contribution is 2.37. The van der Waals surface area contributed by atoms with Crippen LogP contribution in [0.1, 0.15) is 32.1 Å². The summed E-state index contributed by atoms with van der Waals surface area (Å²) in [6.07, 6.45) is -9.73. The minimum atomic E-state index is -4.87. The number of anilines is 1. The number of ether oxygens (including phenoxy) is 3. The molecule has 4 atom stereocenters. The molecule has 1 aromatic rings. The van der Waals surface area contributed by atoms with Crippen molar-refractivity contribution in [3.05, 3.63) is 22.2 Å². The number of carbonyl (C=O) groups excluding carboxylic acids is 1. The van der Waals surface area contributed by atoms with Gasteiger partial charge in [0.05, 0.1) is 18.8 Å². The molecule has 1 aliphatic heterocycles. The Bertz CT molecular complexity index is 823. The second-order valence-electron chi connectivity index (χ2n) is 6.52. The lowest BCUT2D eigenvalue weighted by atomic mass is 10.2. The zero-order valence-corrected chi connectivity index (χ0v) is 17.2. The molecule has 1 aromatic heterocycles. The number of nitrogens with two attached hydrogens (primary N) is 1. The first-order valence-electron chi connectivity index (χ1n) is 8.76. The van der Waals surface area contributed by atoms with Crippen LogP contribution in [0.3, 0.4) is 0 Å². The van der Waals surface area contributed by atoms with Gasteiger partial charge < -0.3 is 34.5 Å². The van der Waals surface area contributed by atoms with E-state index < -0.39 is 69.3 Å². The van der Waals surface area contributed by atoms with Crippen molar-refractivity contribution < 1.29 is 51.2 Å². The number of rotatable bonds is 8. The van der Waals surface area contributed by atoms with Gasteiger partial charge in [-0.05, 0) is 13.8 Å². The average Bonchev–Trinajstić information content (AvgIpc) is 2.99. The molecule has 2 rings (SSSR count). The van der Waals surface area contributed by atoms with Crippen molar-refractivity contribution >= 4 is 20.6 Å². The highest BCUT2D eigenvalue weighted by atomic mass is 31.2. The van der Waals surface area contributed by atoms with Gasteiger partial charge in [-0.25, -0.2) is 9.59 Å². The normalized spacial score (nSPS) is 22.5. The van der Waals surface area contributed by atoms with Crippen molar-refractivity contribution in [3.8, 4) is 0 Å². The van der Waals surface area contributed by atoms with Crippen LogP contribution in [0.4, 0.5) is 23.8 Å². The molecule has 0 spiro atoms. The predicted octanol–water partition coefficient (Wildman–Crippen LogP) is 1.26. The molecule has 12 nitrogen and oxygen atoms in total. The number of nitrogen functional groups attached to an aromatic ring is 1. The molecule has 31 heavy (non-hydrogen) atoms. The van der Waals surface area contributed by atoms with Crippen LogP contribution in [0.15, 0.2) is 11.0 Å². The van der Waals surface area contributed by atoms with E-state index in [9.17, 15) is 32.8 Å². The van der Waals surface area contributed by atoms with E-state index in [2.05, 4.69) is 14.5 Å². The van der Waals surface area contributed by atoms with E-state index in [4.69, 9.17) is 19.5 Å². The molecule has 4 unspecified atom stereocenters. The van der Waals surface area contributed by atoms with Gasteiger partial charge in [0, 0.05) is 12.6 Å². The Morgan fingerprint density at radius 3 is 2.74 bits per heavy atom. The largest absolute Gasteiger partial charge is 0.510 e. The molecule has 0 saturated carbocycles. The van der Waals surface area contributed by atoms with Crippen molar-refractivity contribution in [1.82, 2.24) is 9.55 Å². The van der Waals surface area contributed by atoms with E-state index in [1.54, 1.807) is 13.8 Å². The molecule has 1 aliphatic rings. The van der Waals surface area contributed by atoms with Crippen LogP contribution in [0.2, 0.25) is 0 Å². The Labute approximate surface area is 174 Å². The van der Waals surface area contributed by atoms with Crippen molar-refractivity contribution in [2.24, 2.45) is 0 Å². The fraction of sp³-hybridized carbons (Fsp3) is 0.667. The predicted molar refractivity (Wildman–Crippen MR) is 96.2 cm³/mol. The van der Waals surface area contributed by atoms with Gasteiger partial charge in [-0.2, -0.15) is 18.2 Å². The maximum atomic E-state index is 13.0. The second kappa shape index (κ2) is 10.5. The van der Waals surface area contributed by atoms with Gasteiger partial charge in [0.1, 0.15) is 17.5 Å². The lowest BCUT2D eigenvalue weighted by Gasteiger charge is -2.19. The zero-order valence-electron chi connectivity index (χ0n) is 16.3. The summed E-state index contributed by atoms with van der Waals surface area (Å²) in [6, 6.07) is 0. The Hall–Kier alpha value is -2.03. The highest BCUT2D eigenvalue weighted by molar-refractivity contribution is 7.40. The zero-order chi connectivity index (χ0) is 23.3. The Morgan fingerprint density at radius 1 is 1.45 bits per heavy atom. The van der Waals surface area contributed by atoms with Crippen LogP contribution in [-0.4, -0.2) is 57.4 Å². The van der Waals surface area contributed by atoms with E-state index in [0.717, 1.165) is 0 Å². The van der Waals surface area contributed by atoms with Crippen molar-refractivity contribution in [2.45, 2.75) is 51.0 Å². The SMILES string of the molecule is CC(C)OC(=O)OCOP(O)OCC1CC(O)C(n2cc(C(F)(F)F)c(N)nc2=O)O1. The lowest BCUT2D eigenvalue weighted by molar-refractivity contribution is -0.138. The third kappa shape index (κ3) is 7.26. The first-order valence-corrected chi connectivity index (χ1v) is 9.89. The molecule has 4 N–H and O–H groups in total. The third-order valence-corrected chi connectivity index (χ3v) is 4.47. The van der Waals surface area contributed by atoms with Crippen LogP contribution >= 0.6 is 8.60 Å². The smallest absolute Gasteiger partial charge is 0.432 e. The van der Waals surface area contributed by atoms with Crippen molar-refractivity contribution in [2.75, 3.05) is 19.1 Å². The van der Waals surface area contributed by atoms with Crippen LogP contribution in [0.5, 0.6) is 0 Å². The molecule has 2 heterocycles. The van der Waals surface area contributed by atoms with E-state index in [0.29, 0.717) is 10.8 Å². The number of carbonyl (C=O) groups is 1. The third-order valence-electron chi connectivity index (χ3n) is 3.77. The number of aliphatic hydroxyl groups is 1. The van der Waals surface area contributed by atoms with Gasteiger partial charge in [-0.3, -0.25) is 9.09 Å². The highest BCUT2D eigenvalue weighted by Gasteiger charge is 2.40. The summed E-state index contributed by atoms with van der Waals surface area (Å²) in [5.74, 6) is -0.997. The summed E-state index contributed by atoms with van der Waals surface area (Å²) in [5.41, 5.74) is 2.65. The summed E-state index contributed by atoms with van der Waals surface area (Å²) in [4.78, 5) is 35.8. The molecule has 176 valence electrons. The molecule has 0 aromatic carbocycles. The molecule has 1 fully saturated rings. The molecule has 0 radical (unpaired) electrons. The number of nitrogens with zero attached hydrogens (tertiary/aromatic N) is 2. The Morgan fingerprint density at radius 2 is 2.13 bits per heavy atom. The molecular weight excluding hydrogens is 454 g/mol. The second-order valence-corrected chi connectivity index (χ2v) is 7.51. The van der Waals surface area contributed by atoms with Gasteiger partial charge in [-0.1, -0.05) is 0 Å². The first kappa shape index (κ1) is 25.2. The summed E-state index contributed by atoms with van der Waals surface area (Å²) < 4.78 is 63.8. The van der Waals surface area contributed by atoms with Gasteiger partial charge in [-0.15, -0.1) is 0 Å². The number of aromatic nitrogens is 2. The van der Waals surface area contributed by atoms with Gasteiger partial charge in [0.15, 0.2) is 6.23 Å². The molecule has 0 bridgehead atoms. The van der Waals surface area contributed by atoms with E-state index in [-0.39, 0.29) is 13.0 Å². The lowest BCUT2D eigenvalue weighted by Crippen LogP contribution is -2.34. The van der Waals surface area contributed by atoms with Crippen molar-refractivity contribution in [1.29, 1.82) is 0 Å². The van der Waals surface area contributed by atoms with Crippen LogP contribution in [0.25, 0.3) is 0 Å². The fourth-order valence-electron chi connectivity index (χ4n) is 2.50. The molecule has 1 saturated heterocycles. The average molecular weight is 475 g/mol. The van der Waals surface area contributed by atoms with Crippen molar-refractivity contribution in [3.63, 3.8) is 0 Å². The Kier molecular flexibility index (Phi) is 8.57. The molecular formula is C15H21F3N3O9P. The van der Waals surface area contributed by atoms with Gasteiger partial charge >= 0.3 is 26.6 Å². The van der Waals surface area contributed by atoms with Crippen LogP contribution in [-0.2, 0) is 29.4 Å². The van der Waals surface area contributed by atoms with E-state index in [1.165, 1.54) is 0 Å². The number of hydrogen-bond donors (Lipinski definition) is 3. The maximum Gasteiger partial charge on any atom is 0.510 e. The van der Waals surface area contributed by atoms with Crippen LogP contribution < -0.4 is 11.4 Å². The minimum Gasteiger partial charge on any atom is -0.432 e. The standard InChI is InChI=1S/C15H21F3N3O9P/c1-7(2)29-14(24)26-6-28-31(25)27-5-8-3-10(22)12(30-8)21-4-9(15(16,17)18)11(19)20-13(21)23/h4,7-8,10,12,22,25H,3,5-6H2,1-2H3,(H2,19,20,23). The first-order chi connectivity index (χ1) is 14.4. The number of aliphatic hydroxyl groups excluding tert-OH is 1. The Balaban J connectivity index is 1.89. The van der Waals surface area contributed by atoms with Crippen LogP contribution in [0, 0.1) is 0 Å².